The van der Waals surface area contributed by atoms with Crippen molar-refractivity contribution < 1.29 is 0 Å². The average Bonchev–Trinajstić information content (AvgIpc) is 3.67. The van der Waals surface area contributed by atoms with Crippen LogP contribution in [0.4, 0.5) is 34.1 Å². The first kappa shape index (κ1) is 38.5. The van der Waals surface area contributed by atoms with Crippen LogP contribution >= 0.6 is 0 Å². The minimum Gasteiger partial charge on any atom is -0.310 e. The molecular weight excluding hydrogens is 761 g/mol. The minimum absolute atomic E-state index is 0.158. The van der Waals surface area contributed by atoms with Crippen molar-refractivity contribution in [3.05, 3.63) is 239 Å². The lowest BCUT2D eigenvalue weighted by molar-refractivity contribution is 0.660. The highest BCUT2D eigenvalue weighted by atomic mass is 15.1. The van der Waals surface area contributed by atoms with Crippen molar-refractivity contribution in [2.24, 2.45) is 0 Å². The summed E-state index contributed by atoms with van der Waals surface area (Å²) in [7, 11) is 0. The highest BCUT2D eigenvalue weighted by molar-refractivity contribution is 5.99. The zero-order valence-electron chi connectivity index (χ0n) is 36.6. The molecule has 0 atom stereocenters. The largest absolute Gasteiger partial charge is 0.310 e. The van der Waals surface area contributed by atoms with E-state index < -0.39 is 0 Å². The fraction of sp³-hybridized carbons (Fsp3) is 0.115. The summed E-state index contributed by atoms with van der Waals surface area (Å²) in [6.45, 7) is 11.7. The molecule has 2 aliphatic rings. The smallest absolute Gasteiger partial charge is 0.0540 e. The maximum atomic E-state index is 2.43. The summed E-state index contributed by atoms with van der Waals surface area (Å²) in [4.78, 5) is 4.79. The number of nitrogens with zero attached hydrogens (tertiary/aromatic N) is 2. The van der Waals surface area contributed by atoms with Crippen molar-refractivity contribution in [2.75, 3.05) is 9.80 Å². The quantitative estimate of drug-likeness (QED) is 0.141. The number of fused-ring (bicyclic) bond motifs is 7. The van der Waals surface area contributed by atoms with E-state index in [1.54, 1.807) is 0 Å². The van der Waals surface area contributed by atoms with Gasteiger partial charge in [-0.1, -0.05) is 173 Å². The van der Waals surface area contributed by atoms with Crippen molar-refractivity contribution in [2.45, 2.75) is 45.4 Å². The molecule has 9 aromatic rings. The lowest BCUT2D eigenvalue weighted by atomic mass is 9.81. The Bertz CT molecular complexity index is 3200. The van der Waals surface area contributed by atoms with Crippen LogP contribution in [-0.4, -0.2) is 0 Å². The van der Waals surface area contributed by atoms with Crippen LogP contribution in [0.5, 0.6) is 0 Å². The third-order valence-corrected chi connectivity index (χ3v) is 13.6. The summed E-state index contributed by atoms with van der Waals surface area (Å²) in [6, 6.07) is 73.6. The van der Waals surface area contributed by atoms with Crippen LogP contribution in [0.25, 0.3) is 45.2 Å². The monoisotopic (exact) mass is 810 g/mol. The number of hydrogen-bond acceptors (Lipinski definition) is 2. The first-order valence-electron chi connectivity index (χ1n) is 22.2. The molecule has 0 saturated carbocycles. The van der Waals surface area contributed by atoms with Gasteiger partial charge in [0.2, 0.25) is 0 Å². The Morgan fingerprint density at radius 3 is 1.33 bits per heavy atom. The Balaban J connectivity index is 0.900. The molecule has 0 spiro atoms. The van der Waals surface area contributed by atoms with Crippen LogP contribution in [0.15, 0.2) is 200 Å². The fourth-order valence-electron chi connectivity index (χ4n) is 10.4. The molecule has 2 aliphatic carbocycles. The minimum atomic E-state index is -0.180. The second kappa shape index (κ2) is 14.9. The Morgan fingerprint density at radius 2 is 0.778 bits per heavy atom. The van der Waals surface area contributed by atoms with E-state index >= 15 is 0 Å². The maximum Gasteiger partial charge on any atom is 0.0540 e. The summed E-state index contributed by atoms with van der Waals surface area (Å²) >= 11 is 0. The molecule has 0 unspecified atom stereocenters. The van der Waals surface area contributed by atoms with Crippen LogP contribution in [0.3, 0.4) is 0 Å². The molecular formula is C61H50N2. The van der Waals surface area contributed by atoms with Crippen molar-refractivity contribution in [3.8, 4) is 22.3 Å². The molecule has 2 nitrogen and oxygen atoms in total. The van der Waals surface area contributed by atoms with E-state index in [9.17, 15) is 0 Å². The summed E-state index contributed by atoms with van der Waals surface area (Å²) in [5.41, 5.74) is 21.0. The second-order valence-electron chi connectivity index (χ2n) is 18.3. The van der Waals surface area contributed by atoms with Crippen LogP contribution < -0.4 is 9.80 Å². The number of anilines is 6. The maximum absolute atomic E-state index is 2.43. The molecule has 63 heavy (non-hydrogen) atoms. The standard InChI is InChI=1S/C61H50N2/c1-41-16-14-23-47(36-41)63(59-25-15-18-44-17-12-13-24-50(44)59)49-31-35-54-52-33-29-43(38-56(52)61(4,5)58(54)40-49)27-26-42-28-32-51-53-34-30-48(39-57(53)60(2,3)55(51)37-42)62(45-19-8-6-9-20-45)46-21-10-7-11-22-46/h6-40H,1-5H3. The highest BCUT2D eigenvalue weighted by Crippen LogP contribution is 2.53. The molecule has 11 rings (SSSR count). The van der Waals surface area contributed by atoms with Crippen LogP contribution in [0, 0.1) is 6.92 Å². The fourth-order valence-corrected chi connectivity index (χ4v) is 10.4. The van der Waals surface area contributed by atoms with Gasteiger partial charge in [0.25, 0.3) is 0 Å². The molecule has 0 saturated heterocycles. The predicted molar refractivity (Wildman–Crippen MR) is 269 cm³/mol. The normalized spacial score (nSPS) is 14.0. The number of benzene rings is 9. The predicted octanol–water partition coefficient (Wildman–Crippen LogP) is 16.9. The van der Waals surface area contributed by atoms with E-state index in [1.807, 2.05) is 0 Å². The molecule has 0 amide bonds. The van der Waals surface area contributed by atoms with Crippen LogP contribution in [0.1, 0.15) is 66.6 Å². The van der Waals surface area contributed by atoms with Crippen LogP contribution in [0.2, 0.25) is 0 Å². The van der Waals surface area contributed by atoms with Gasteiger partial charge >= 0.3 is 0 Å². The van der Waals surface area contributed by atoms with Gasteiger partial charge in [0.05, 0.1) is 5.69 Å². The highest BCUT2D eigenvalue weighted by Gasteiger charge is 2.38. The summed E-state index contributed by atoms with van der Waals surface area (Å²) in [5, 5.41) is 2.47. The number of hydrogen-bond donors (Lipinski definition) is 0. The number of para-hydroxylation sites is 2. The summed E-state index contributed by atoms with van der Waals surface area (Å²) in [6.07, 6.45) is 4.58. The SMILES string of the molecule is Cc1cccc(N(c2ccc3c(c2)C(C)(C)c2cc(C=Cc4ccc5c(c4)C(C)(C)c4cc(N(c6ccccc6)c6ccccc6)ccc4-5)ccc2-3)c2cccc3ccccc23)c1. The Kier molecular flexibility index (Phi) is 9.10. The summed E-state index contributed by atoms with van der Waals surface area (Å²) < 4.78 is 0. The van der Waals surface area contributed by atoms with Gasteiger partial charge < -0.3 is 9.80 Å². The van der Waals surface area contributed by atoms with E-state index in [-0.39, 0.29) is 10.8 Å². The summed E-state index contributed by atoms with van der Waals surface area (Å²) in [5.74, 6) is 0. The van der Waals surface area contributed by atoms with Gasteiger partial charge in [-0.3, -0.25) is 0 Å². The van der Waals surface area contributed by atoms with Crippen molar-refractivity contribution >= 4 is 57.0 Å². The molecule has 304 valence electrons. The van der Waals surface area contributed by atoms with Gasteiger partial charge in [-0.25, -0.2) is 0 Å². The number of aryl methyl sites for hydroxylation is 1. The molecule has 0 aromatic heterocycles. The molecule has 0 fully saturated rings. The Hall–Kier alpha value is -7.42. The number of rotatable bonds is 8. The van der Waals surface area contributed by atoms with Gasteiger partial charge in [-0.2, -0.15) is 0 Å². The van der Waals surface area contributed by atoms with Gasteiger partial charge in [0.1, 0.15) is 0 Å². The molecule has 0 heterocycles. The second-order valence-corrected chi connectivity index (χ2v) is 18.3. The average molecular weight is 811 g/mol. The van der Waals surface area contributed by atoms with E-state index in [2.05, 4.69) is 257 Å². The molecule has 9 aromatic carbocycles. The lowest BCUT2D eigenvalue weighted by Gasteiger charge is -2.29. The topological polar surface area (TPSA) is 6.48 Å². The van der Waals surface area contributed by atoms with Crippen molar-refractivity contribution in [1.82, 2.24) is 0 Å². The third kappa shape index (κ3) is 6.48. The van der Waals surface area contributed by atoms with E-state index in [1.165, 1.54) is 89.0 Å². The Labute approximate surface area is 372 Å². The van der Waals surface area contributed by atoms with Crippen LogP contribution in [-0.2, 0) is 10.8 Å². The van der Waals surface area contributed by atoms with Gasteiger partial charge in [0, 0.05) is 44.7 Å². The lowest BCUT2D eigenvalue weighted by Crippen LogP contribution is -2.17. The third-order valence-electron chi connectivity index (χ3n) is 13.6. The van der Waals surface area contributed by atoms with Gasteiger partial charge in [-0.15, -0.1) is 0 Å². The van der Waals surface area contributed by atoms with Crippen molar-refractivity contribution in [1.29, 1.82) is 0 Å². The van der Waals surface area contributed by atoms with E-state index in [0.717, 1.165) is 17.1 Å². The van der Waals surface area contributed by atoms with Crippen molar-refractivity contribution in [3.63, 3.8) is 0 Å². The first-order valence-corrected chi connectivity index (χ1v) is 22.2. The van der Waals surface area contributed by atoms with E-state index in [4.69, 9.17) is 0 Å². The van der Waals surface area contributed by atoms with Gasteiger partial charge in [-0.05, 0) is 140 Å². The zero-order chi connectivity index (χ0) is 42.9. The zero-order valence-corrected chi connectivity index (χ0v) is 36.6. The van der Waals surface area contributed by atoms with Gasteiger partial charge in [0.15, 0.2) is 0 Å². The first-order chi connectivity index (χ1) is 30.6. The molecule has 0 radical (unpaired) electrons. The molecule has 0 bridgehead atoms. The molecule has 2 heteroatoms. The molecule has 0 N–H and O–H groups in total. The molecule has 0 aliphatic heterocycles. The Morgan fingerprint density at radius 1 is 0.349 bits per heavy atom. The van der Waals surface area contributed by atoms with E-state index in [0.29, 0.717) is 0 Å².